The van der Waals surface area contributed by atoms with Gasteiger partial charge in [-0.05, 0) is 26.7 Å². The highest BCUT2D eigenvalue weighted by Gasteiger charge is 2.41. The van der Waals surface area contributed by atoms with Crippen LogP contribution in [0, 0.1) is 5.92 Å². The van der Waals surface area contributed by atoms with Crippen molar-refractivity contribution in [2.45, 2.75) is 52.5 Å². The van der Waals surface area contributed by atoms with Crippen LogP contribution < -0.4 is 0 Å². The van der Waals surface area contributed by atoms with Gasteiger partial charge >= 0.3 is 0 Å². The number of amides is 2. The third-order valence-electron chi connectivity index (χ3n) is 5.01. The monoisotopic (exact) mass is 361 g/mol. The zero-order valence-corrected chi connectivity index (χ0v) is 16.3. The molecule has 6 heteroatoms. The van der Waals surface area contributed by atoms with Crippen LogP contribution in [0.15, 0.2) is 17.0 Å². The Hall–Kier alpha value is -1.69. The summed E-state index contributed by atoms with van der Waals surface area (Å²) in [5, 5.41) is 2.84. The summed E-state index contributed by atoms with van der Waals surface area (Å²) in [4.78, 5) is 34.0. The molecule has 0 aliphatic carbocycles. The molecule has 0 saturated carbocycles. The molecule has 1 aromatic rings. The molecule has 2 atom stereocenters. The lowest BCUT2D eigenvalue weighted by atomic mass is 9.94. The number of rotatable bonds is 4. The van der Waals surface area contributed by atoms with Gasteiger partial charge in [0, 0.05) is 37.0 Å². The molecule has 1 aromatic heterocycles. The smallest absolute Gasteiger partial charge is 0.273 e. The van der Waals surface area contributed by atoms with Gasteiger partial charge in [0.25, 0.3) is 5.91 Å². The third kappa shape index (κ3) is 3.78. The number of carbonyl (C=O) groups excluding carboxylic acids is 2. The first-order valence-electron chi connectivity index (χ1n) is 9.05. The summed E-state index contributed by atoms with van der Waals surface area (Å²) in [6.07, 6.45) is 3.96. The highest BCUT2D eigenvalue weighted by molar-refractivity contribution is 7.09. The highest BCUT2D eigenvalue weighted by atomic mass is 32.1. The van der Waals surface area contributed by atoms with E-state index in [4.69, 9.17) is 0 Å². The number of nitrogens with zero attached hydrogens (tertiary/aromatic N) is 3. The van der Waals surface area contributed by atoms with Crippen LogP contribution in [0.25, 0.3) is 0 Å². The SMILES string of the molecule is CC(C)=CCN1C(=O)[C@H]2CC[C@@H]1CN(C(=O)c1csc(C(C)C)n1)C2. The summed E-state index contributed by atoms with van der Waals surface area (Å²) in [6.45, 7) is 10.0. The maximum atomic E-state index is 12.9. The van der Waals surface area contributed by atoms with Crippen LogP contribution in [0.2, 0.25) is 0 Å². The number of aromatic nitrogens is 1. The number of allylic oxidation sites excluding steroid dienone is 1. The third-order valence-corrected chi connectivity index (χ3v) is 6.16. The van der Waals surface area contributed by atoms with Crippen molar-refractivity contribution >= 4 is 23.2 Å². The number of hydrogen-bond acceptors (Lipinski definition) is 4. The lowest BCUT2D eigenvalue weighted by molar-refractivity contribution is -0.139. The maximum absolute atomic E-state index is 12.9. The van der Waals surface area contributed by atoms with E-state index >= 15 is 0 Å². The van der Waals surface area contributed by atoms with Crippen LogP contribution in [-0.4, -0.2) is 52.3 Å². The summed E-state index contributed by atoms with van der Waals surface area (Å²) in [6, 6.07) is 0.119. The topological polar surface area (TPSA) is 53.5 Å². The van der Waals surface area contributed by atoms with Crippen molar-refractivity contribution in [1.29, 1.82) is 0 Å². The molecule has 5 nitrogen and oxygen atoms in total. The Bertz CT molecular complexity index is 691. The minimum atomic E-state index is -0.0727. The molecule has 0 radical (unpaired) electrons. The predicted molar refractivity (Wildman–Crippen MR) is 99.8 cm³/mol. The Kier molecular flexibility index (Phi) is 5.27. The highest BCUT2D eigenvalue weighted by Crippen LogP contribution is 2.30. The minimum absolute atomic E-state index is 0.0306. The Labute approximate surface area is 153 Å². The van der Waals surface area contributed by atoms with Gasteiger partial charge in [0.1, 0.15) is 5.69 Å². The van der Waals surface area contributed by atoms with E-state index < -0.39 is 0 Å². The lowest BCUT2D eigenvalue weighted by Gasteiger charge is -2.35. The molecule has 4 rings (SSSR count). The van der Waals surface area contributed by atoms with E-state index in [0.717, 1.165) is 17.8 Å². The van der Waals surface area contributed by atoms with Crippen molar-refractivity contribution in [3.05, 3.63) is 27.7 Å². The van der Waals surface area contributed by atoms with Crippen LogP contribution in [0.5, 0.6) is 0 Å². The number of hydrogen-bond donors (Lipinski definition) is 0. The second kappa shape index (κ2) is 7.28. The standard InChI is InChI=1S/C19H27N3O2S/c1-12(2)7-8-22-15-6-5-14(18(22)23)9-21(10-15)19(24)16-11-25-17(20-16)13(3)4/h7,11,13-15H,5-6,8-10H2,1-4H3/t14-,15+/m0/s1. The molecule has 25 heavy (non-hydrogen) atoms. The number of thiazole rings is 1. The van der Waals surface area contributed by atoms with Gasteiger partial charge in [-0.1, -0.05) is 25.5 Å². The van der Waals surface area contributed by atoms with Gasteiger partial charge in [-0.3, -0.25) is 9.59 Å². The fraction of sp³-hybridized carbons (Fsp3) is 0.632. The van der Waals surface area contributed by atoms with E-state index in [1.54, 1.807) is 11.3 Å². The van der Waals surface area contributed by atoms with Gasteiger partial charge in [0.05, 0.1) is 10.9 Å². The molecule has 3 aliphatic rings. The quantitative estimate of drug-likeness (QED) is 0.773. The lowest BCUT2D eigenvalue weighted by Crippen LogP contribution is -2.48. The first-order chi connectivity index (χ1) is 11.9. The summed E-state index contributed by atoms with van der Waals surface area (Å²) >= 11 is 1.54. The Morgan fingerprint density at radius 2 is 2.12 bits per heavy atom. The van der Waals surface area contributed by atoms with E-state index in [1.807, 2.05) is 29.0 Å². The van der Waals surface area contributed by atoms with Crippen molar-refractivity contribution in [3.63, 3.8) is 0 Å². The van der Waals surface area contributed by atoms with Crippen molar-refractivity contribution in [3.8, 4) is 0 Å². The Morgan fingerprint density at radius 1 is 1.36 bits per heavy atom. The second-order valence-electron chi connectivity index (χ2n) is 7.64. The largest absolute Gasteiger partial charge is 0.334 e. The van der Waals surface area contributed by atoms with Gasteiger partial charge in [0.15, 0.2) is 0 Å². The molecule has 4 heterocycles. The summed E-state index contributed by atoms with van der Waals surface area (Å²) < 4.78 is 0. The van der Waals surface area contributed by atoms with Gasteiger partial charge < -0.3 is 9.80 Å². The minimum Gasteiger partial charge on any atom is -0.334 e. The first kappa shape index (κ1) is 18.1. The molecule has 0 N–H and O–H groups in total. The van der Waals surface area contributed by atoms with E-state index in [-0.39, 0.29) is 23.8 Å². The normalized spacial score (nSPS) is 23.2. The number of piperidine rings is 1. The van der Waals surface area contributed by atoms with E-state index in [1.165, 1.54) is 5.57 Å². The summed E-state index contributed by atoms with van der Waals surface area (Å²) in [7, 11) is 0. The molecular weight excluding hydrogens is 334 g/mol. The van der Waals surface area contributed by atoms with Crippen LogP contribution in [-0.2, 0) is 4.79 Å². The van der Waals surface area contributed by atoms with Crippen molar-refractivity contribution < 1.29 is 9.59 Å². The molecule has 0 aromatic carbocycles. The van der Waals surface area contributed by atoms with Crippen LogP contribution in [0.4, 0.5) is 0 Å². The van der Waals surface area contributed by atoms with E-state index in [0.29, 0.717) is 31.2 Å². The molecule has 3 fully saturated rings. The first-order valence-corrected chi connectivity index (χ1v) is 9.93. The number of fused-ring (bicyclic) bond motifs is 4. The van der Waals surface area contributed by atoms with Gasteiger partial charge in [-0.25, -0.2) is 4.98 Å². The molecule has 3 aliphatic heterocycles. The van der Waals surface area contributed by atoms with Gasteiger partial charge in [-0.2, -0.15) is 0 Å². The molecule has 0 unspecified atom stereocenters. The predicted octanol–water partition coefficient (Wildman–Crippen LogP) is 3.30. The molecule has 136 valence electrons. The summed E-state index contributed by atoms with van der Waals surface area (Å²) in [5.74, 6) is 0.423. The van der Waals surface area contributed by atoms with Gasteiger partial charge in [-0.15, -0.1) is 11.3 Å². The fourth-order valence-corrected chi connectivity index (χ4v) is 4.35. The van der Waals surface area contributed by atoms with Crippen molar-refractivity contribution in [2.75, 3.05) is 19.6 Å². The van der Waals surface area contributed by atoms with E-state index in [2.05, 4.69) is 24.9 Å². The van der Waals surface area contributed by atoms with Crippen LogP contribution in [0.1, 0.15) is 62.0 Å². The zero-order valence-electron chi connectivity index (χ0n) is 15.5. The van der Waals surface area contributed by atoms with Gasteiger partial charge in [0.2, 0.25) is 5.91 Å². The zero-order chi connectivity index (χ0) is 18.1. The fourth-order valence-electron chi connectivity index (χ4n) is 3.54. The molecule has 2 amide bonds. The Morgan fingerprint density at radius 3 is 2.76 bits per heavy atom. The van der Waals surface area contributed by atoms with Crippen molar-refractivity contribution in [2.24, 2.45) is 5.92 Å². The average Bonchev–Trinajstić information content (AvgIpc) is 2.90. The van der Waals surface area contributed by atoms with Crippen LogP contribution >= 0.6 is 11.3 Å². The van der Waals surface area contributed by atoms with E-state index in [9.17, 15) is 9.59 Å². The van der Waals surface area contributed by atoms with Crippen molar-refractivity contribution in [1.82, 2.24) is 14.8 Å². The second-order valence-corrected chi connectivity index (χ2v) is 8.53. The maximum Gasteiger partial charge on any atom is 0.273 e. The summed E-state index contributed by atoms with van der Waals surface area (Å²) in [5.41, 5.74) is 1.74. The molecule has 0 spiro atoms. The average molecular weight is 362 g/mol. The molecule has 3 saturated heterocycles. The Balaban J connectivity index is 1.77. The molecule has 2 bridgehead atoms. The van der Waals surface area contributed by atoms with Crippen LogP contribution in [0.3, 0.4) is 0 Å². The number of carbonyl (C=O) groups is 2. The molecular formula is C19H27N3O2S.